The van der Waals surface area contributed by atoms with Gasteiger partial charge in [0.15, 0.2) is 4.34 Å². The molecular formula is C13H10N4OS3. The summed E-state index contributed by atoms with van der Waals surface area (Å²) in [4.78, 5) is 12.0. The monoisotopic (exact) mass is 334 g/mol. The Bertz CT molecular complexity index is 712. The molecule has 0 radical (unpaired) electrons. The van der Waals surface area contributed by atoms with Gasteiger partial charge in [0.1, 0.15) is 11.2 Å². The molecule has 2 heterocycles. The van der Waals surface area contributed by atoms with Gasteiger partial charge in [-0.3, -0.25) is 4.79 Å². The Morgan fingerprint density at radius 3 is 2.90 bits per heavy atom. The number of anilines is 1. The number of hydrogen-bond acceptors (Lipinski definition) is 7. The molecule has 0 bridgehead atoms. The van der Waals surface area contributed by atoms with Crippen LogP contribution in [0, 0.1) is 0 Å². The van der Waals surface area contributed by atoms with Gasteiger partial charge in [-0.25, -0.2) is 0 Å². The number of aromatic nitrogens is 3. The molecular weight excluding hydrogens is 324 g/mol. The standard InChI is InChI=1S/C13H10N4OS3/c18-11(7-19-13-16-14-8-20-13)15-10-6-21-17-12(10)9-4-2-1-3-5-9/h1-6,8H,7H2,(H,15,18). The van der Waals surface area contributed by atoms with E-state index in [1.165, 1.54) is 34.6 Å². The topological polar surface area (TPSA) is 67.8 Å². The molecule has 5 nitrogen and oxygen atoms in total. The van der Waals surface area contributed by atoms with Crippen molar-refractivity contribution in [2.24, 2.45) is 0 Å². The SMILES string of the molecule is O=C(CSc1nncs1)Nc1csnc1-c1ccccc1. The zero-order valence-corrected chi connectivity index (χ0v) is 13.2. The summed E-state index contributed by atoms with van der Waals surface area (Å²) in [5.74, 6) is 0.229. The summed E-state index contributed by atoms with van der Waals surface area (Å²) < 4.78 is 5.14. The van der Waals surface area contributed by atoms with Crippen LogP contribution in [0.5, 0.6) is 0 Å². The molecule has 1 N–H and O–H groups in total. The summed E-state index contributed by atoms with van der Waals surface area (Å²) in [6.07, 6.45) is 0. The van der Waals surface area contributed by atoms with Crippen LogP contribution in [0.3, 0.4) is 0 Å². The van der Waals surface area contributed by atoms with E-state index in [0.717, 1.165) is 21.3 Å². The van der Waals surface area contributed by atoms with Gasteiger partial charge in [0.2, 0.25) is 5.91 Å². The van der Waals surface area contributed by atoms with Crippen LogP contribution in [0.25, 0.3) is 11.3 Å². The van der Waals surface area contributed by atoms with Crippen molar-refractivity contribution in [2.45, 2.75) is 4.34 Å². The van der Waals surface area contributed by atoms with Crippen LogP contribution in [-0.2, 0) is 4.79 Å². The van der Waals surface area contributed by atoms with Crippen molar-refractivity contribution in [1.29, 1.82) is 0 Å². The second kappa shape index (κ2) is 6.79. The maximum atomic E-state index is 12.0. The highest BCUT2D eigenvalue weighted by atomic mass is 32.2. The summed E-state index contributed by atoms with van der Waals surface area (Å²) in [5.41, 5.74) is 4.19. The maximum Gasteiger partial charge on any atom is 0.234 e. The second-order valence-corrected chi connectivity index (χ2v) is 6.67. The molecule has 0 atom stereocenters. The summed E-state index contributed by atoms with van der Waals surface area (Å²) in [6, 6.07) is 9.80. The summed E-state index contributed by atoms with van der Waals surface area (Å²) in [7, 11) is 0. The largest absolute Gasteiger partial charge is 0.323 e. The number of nitrogens with zero attached hydrogens (tertiary/aromatic N) is 3. The fraction of sp³-hybridized carbons (Fsp3) is 0.0769. The number of rotatable bonds is 5. The van der Waals surface area contributed by atoms with E-state index in [2.05, 4.69) is 19.9 Å². The molecule has 21 heavy (non-hydrogen) atoms. The fourth-order valence-electron chi connectivity index (χ4n) is 1.67. The Labute approximate surface area is 133 Å². The lowest BCUT2D eigenvalue weighted by atomic mass is 10.1. The molecule has 0 saturated heterocycles. The minimum Gasteiger partial charge on any atom is -0.323 e. The third kappa shape index (κ3) is 3.66. The third-order valence-corrected chi connectivity index (χ3v) is 5.05. The lowest BCUT2D eigenvalue weighted by Gasteiger charge is -2.04. The Balaban J connectivity index is 1.65. The van der Waals surface area contributed by atoms with Crippen LogP contribution in [0.15, 0.2) is 45.6 Å². The van der Waals surface area contributed by atoms with E-state index in [1.807, 2.05) is 35.7 Å². The van der Waals surface area contributed by atoms with E-state index in [1.54, 1.807) is 5.51 Å². The molecule has 1 amide bonds. The second-order valence-electron chi connectivity index (χ2n) is 3.98. The first kappa shape index (κ1) is 14.2. The molecule has 106 valence electrons. The number of amides is 1. The van der Waals surface area contributed by atoms with Gasteiger partial charge in [-0.05, 0) is 11.5 Å². The maximum absolute atomic E-state index is 12.0. The number of carbonyl (C=O) groups is 1. The molecule has 0 aliphatic rings. The fourth-order valence-corrected chi connectivity index (χ4v) is 3.60. The van der Waals surface area contributed by atoms with Gasteiger partial charge < -0.3 is 5.32 Å². The van der Waals surface area contributed by atoms with E-state index in [4.69, 9.17) is 0 Å². The number of benzene rings is 1. The highest BCUT2D eigenvalue weighted by molar-refractivity contribution is 8.01. The van der Waals surface area contributed by atoms with Crippen molar-refractivity contribution < 1.29 is 4.79 Å². The average Bonchev–Trinajstić information content (AvgIpc) is 3.17. The zero-order valence-electron chi connectivity index (χ0n) is 10.7. The van der Waals surface area contributed by atoms with Crippen LogP contribution in [0.4, 0.5) is 5.69 Å². The van der Waals surface area contributed by atoms with Crippen molar-refractivity contribution in [3.63, 3.8) is 0 Å². The molecule has 0 aliphatic carbocycles. The Hall–Kier alpha value is -1.77. The molecule has 0 unspecified atom stereocenters. The van der Waals surface area contributed by atoms with Gasteiger partial charge in [-0.1, -0.05) is 53.4 Å². The van der Waals surface area contributed by atoms with Crippen LogP contribution < -0.4 is 5.32 Å². The lowest BCUT2D eigenvalue weighted by Crippen LogP contribution is -2.14. The molecule has 3 aromatic rings. The Morgan fingerprint density at radius 1 is 1.29 bits per heavy atom. The predicted octanol–water partition coefficient (Wildman–Crippen LogP) is 3.39. The Morgan fingerprint density at radius 2 is 2.14 bits per heavy atom. The van der Waals surface area contributed by atoms with Crippen molar-refractivity contribution >= 4 is 46.2 Å². The number of thioether (sulfide) groups is 1. The number of carbonyl (C=O) groups excluding carboxylic acids is 1. The molecule has 0 fully saturated rings. The molecule has 8 heteroatoms. The molecule has 2 aromatic heterocycles. The summed E-state index contributed by atoms with van der Waals surface area (Å²) in [6.45, 7) is 0. The van der Waals surface area contributed by atoms with Crippen molar-refractivity contribution in [3.8, 4) is 11.3 Å². The van der Waals surface area contributed by atoms with Gasteiger partial charge in [0.25, 0.3) is 0 Å². The van der Waals surface area contributed by atoms with Crippen LogP contribution >= 0.6 is 34.6 Å². The first-order chi connectivity index (χ1) is 10.3. The quantitative estimate of drug-likeness (QED) is 0.724. The smallest absolute Gasteiger partial charge is 0.234 e. The summed E-state index contributed by atoms with van der Waals surface area (Å²) >= 11 is 4.12. The van der Waals surface area contributed by atoms with Gasteiger partial charge in [-0.15, -0.1) is 10.2 Å². The molecule has 3 rings (SSSR count). The highest BCUT2D eigenvalue weighted by Gasteiger charge is 2.12. The van der Waals surface area contributed by atoms with Gasteiger partial charge in [-0.2, -0.15) is 4.37 Å². The summed E-state index contributed by atoms with van der Waals surface area (Å²) in [5, 5.41) is 12.4. The van der Waals surface area contributed by atoms with E-state index >= 15 is 0 Å². The minimum absolute atomic E-state index is 0.0763. The van der Waals surface area contributed by atoms with Crippen LogP contribution in [0.1, 0.15) is 0 Å². The van der Waals surface area contributed by atoms with E-state index in [9.17, 15) is 4.79 Å². The molecule has 0 saturated carbocycles. The normalized spacial score (nSPS) is 10.5. The molecule has 1 aromatic carbocycles. The van der Waals surface area contributed by atoms with Gasteiger partial charge in [0.05, 0.1) is 11.4 Å². The molecule has 0 aliphatic heterocycles. The highest BCUT2D eigenvalue weighted by Crippen LogP contribution is 2.28. The van der Waals surface area contributed by atoms with Crippen molar-refractivity contribution in [1.82, 2.24) is 14.6 Å². The lowest BCUT2D eigenvalue weighted by molar-refractivity contribution is -0.113. The van der Waals surface area contributed by atoms with Crippen LogP contribution in [0.2, 0.25) is 0 Å². The number of hydrogen-bond donors (Lipinski definition) is 1. The van der Waals surface area contributed by atoms with Crippen molar-refractivity contribution in [3.05, 3.63) is 41.2 Å². The van der Waals surface area contributed by atoms with E-state index in [0.29, 0.717) is 5.75 Å². The minimum atomic E-state index is -0.0763. The molecule has 0 spiro atoms. The average molecular weight is 334 g/mol. The van der Waals surface area contributed by atoms with Crippen molar-refractivity contribution in [2.75, 3.05) is 11.1 Å². The Kier molecular flexibility index (Phi) is 4.59. The first-order valence-electron chi connectivity index (χ1n) is 6.01. The van der Waals surface area contributed by atoms with Gasteiger partial charge in [0, 0.05) is 10.9 Å². The van der Waals surface area contributed by atoms with Crippen LogP contribution in [-0.4, -0.2) is 26.2 Å². The third-order valence-electron chi connectivity index (χ3n) is 2.56. The van der Waals surface area contributed by atoms with E-state index < -0.39 is 0 Å². The van der Waals surface area contributed by atoms with E-state index in [-0.39, 0.29) is 5.91 Å². The zero-order chi connectivity index (χ0) is 14.5. The predicted molar refractivity (Wildman–Crippen MR) is 86.8 cm³/mol. The van der Waals surface area contributed by atoms with Gasteiger partial charge >= 0.3 is 0 Å². The first-order valence-corrected chi connectivity index (χ1v) is 8.72. The number of nitrogens with one attached hydrogen (secondary N) is 1.